The van der Waals surface area contributed by atoms with Crippen molar-refractivity contribution in [2.75, 3.05) is 0 Å². The number of hydrogen-bond acceptors (Lipinski definition) is 4. The molecule has 8 heteroatoms. The van der Waals surface area contributed by atoms with Crippen molar-refractivity contribution in [3.8, 4) is 0 Å². The molecule has 0 amide bonds. The second-order valence-electron chi connectivity index (χ2n) is 26.1. The number of unbranched alkanes of at least 4 members (excludes halogenated alkanes) is 60. The molecule has 0 bridgehead atoms. The van der Waals surface area contributed by atoms with Crippen LogP contribution in [0, 0.1) is 0 Å². The Balaban J connectivity index is 2.66. The molecule has 0 aromatic heterocycles. The van der Waals surface area contributed by atoms with E-state index in [9.17, 15) is 0 Å². The molecular weight excluding hydrogens is 1040 g/mol. The topological polar surface area (TPSA) is 36.9 Å². The zero-order chi connectivity index (χ0) is 57.2. The van der Waals surface area contributed by atoms with Crippen LogP contribution in [0.2, 0.25) is 24.2 Å². The number of hydrogen-bond donors (Lipinski definition) is 0. The van der Waals surface area contributed by atoms with Crippen molar-refractivity contribution in [1.29, 1.82) is 0 Å². The Labute approximate surface area is 513 Å². The van der Waals surface area contributed by atoms with E-state index in [-0.39, 0.29) is 0 Å². The van der Waals surface area contributed by atoms with Crippen LogP contribution in [-0.2, 0) is 16.5 Å². The molecule has 0 aromatic rings. The summed E-state index contributed by atoms with van der Waals surface area (Å²) < 4.78 is 28.8. The molecule has 4 nitrogen and oxygen atoms in total. The van der Waals surface area contributed by atoms with Crippen LogP contribution >= 0.6 is 0 Å². The van der Waals surface area contributed by atoms with Gasteiger partial charge in [0.25, 0.3) is 0 Å². The first kappa shape index (κ1) is 78.7. The highest BCUT2D eigenvalue weighted by Crippen LogP contribution is 2.25. The molecule has 1 aliphatic rings. The molecule has 1 fully saturated rings. The summed E-state index contributed by atoms with van der Waals surface area (Å²) in [4.78, 5) is 0. The van der Waals surface area contributed by atoms with Gasteiger partial charge in [-0.15, -0.1) is 0 Å². The van der Waals surface area contributed by atoms with Crippen LogP contribution in [0.4, 0.5) is 0 Å². The van der Waals surface area contributed by atoms with Crippen LogP contribution in [0.3, 0.4) is 0 Å². The second-order valence-corrected chi connectivity index (χ2v) is 34.4. The monoisotopic (exact) mass is 1190 g/mol. The van der Waals surface area contributed by atoms with Crippen LogP contribution in [0.5, 0.6) is 0 Å². The predicted octanol–water partition coefficient (Wildman–Crippen LogP) is 27.1. The van der Waals surface area contributed by atoms with Gasteiger partial charge in [-0.05, 0) is 24.2 Å². The molecule has 4 radical (unpaired) electrons. The molecule has 1 aliphatic heterocycles. The molecule has 0 aliphatic carbocycles. The van der Waals surface area contributed by atoms with E-state index in [1.54, 1.807) is 0 Å². The van der Waals surface area contributed by atoms with Gasteiger partial charge in [0, 0.05) is 0 Å². The van der Waals surface area contributed by atoms with Crippen LogP contribution in [-0.4, -0.2) is 37.1 Å². The maximum Gasteiger partial charge on any atom is 0.365 e. The highest BCUT2D eigenvalue weighted by atomic mass is 28.5. The van der Waals surface area contributed by atoms with Crippen LogP contribution < -0.4 is 0 Å². The third-order valence-electron chi connectivity index (χ3n) is 17.8. The van der Waals surface area contributed by atoms with Crippen molar-refractivity contribution in [2.45, 2.75) is 463 Å². The van der Waals surface area contributed by atoms with E-state index in [1.165, 1.54) is 411 Å². The summed E-state index contributed by atoms with van der Waals surface area (Å²) in [5.74, 6) is 0. The highest BCUT2D eigenvalue weighted by molar-refractivity contribution is 6.73. The van der Waals surface area contributed by atoms with E-state index in [4.69, 9.17) is 16.5 Å². The smallest absolute Gasteiger partial charge is 0.365 e. The fourth-order valence-electron chi connectivity index (χ4n) is 12.3. The Morgan fingerprint density at radius 3 is 0.312 bits per heavy atom. The third kappa shape index (κ3) is 60.4. The number of rotatable bonds is 68. The van der Waals surface area contributed by atoms with Gasteiger partial charge in [-0.1, -0.05) is 439 Å². The minimum Gasteiger partial charge on any atom is -0.414 e. The molecule has 1 rings (SSSR count). The maximum atomic E-state index is 7.20. The minimum absolute atomic E-state index is 1.12. The van der Waals surface area contributed by atoms with Gasteiger partial charge in [0.15, 0.2) is 0 Å². The minimum atomic E-state index is -1.38. The van der Waals surface area contributed by atoms with Gasteiger partial charge in [0.1, 0.15) is 0 Å². The molecule has 0 aromatic carbocycles. The quantitative estimate of drug-likeness (QED) is 0.0449. The Morgan fingerprint density at radius 2 is 0.212 bits per heavy atom. The Bertz CT molecular complexity index is 943. The molecule has 0 saturated carbocycles. The molecule has 80 heavy (non-hydrogen) atoms. The Hall–Kier alpha value is 0.708. The lowest BCUT2D eigenvalue weighted by Gasteiger charge is -2.32. The van der Waals surface area contributed by atoms with Gasteiger partial charge in [-0.25, -0.2) is 0 Å². The molecule has 0 atom stereocenters. The SMILES string of the molecule is CCCCCCCCCCCCCCCCCC[Si]1O[Si](CCCCCCCCCCCCCCCCCC)O[Si](CCCCCCCCCCCCCCCCCC)O[Si](CCCCCCCCCCCCCCCCCC)O1. The molecule has 1 saturated heterocycles. The van der Waals surface area contributed by atoms with Crippen LogP contribution in [0.25, 0.3) is 0 Å². The van der Waals surface area contributed by atoms with Gasteiger partial charge >= 0.3 is 37.1 Å². The molecule has 0 unspecified atom stereocenters. The van der Waals surface area contributed by atoms with Crippen molar-refractivity contribution in [3.63, 3.8) is 0 Å². The van der Waals surface area contributed by atoms with Crippen molar-refractivity contribution in [2.24, 2.45) is 0 Å². The van der Waals surface area contributed by atoms with Gasteiger partial charge in [-0.2, -0.15) is 0 Å². The van der Waals surface area contributed by atoms with Crippen LogP contribution in [0.15, 0.2) is 0 Å². The van der Waals surface area contributed by atoms with Gasteiger partial charge in [0.05, 0.1) is 0 Å². The Morgan fingerprint density at radius 1 is 0.125 bits per heavy atom. The fraction of sp³-hybridized carbons (Fsp3) is 1.00. The molecule has 0 N–H and O–H groups in total. The van der Waals surface area contributed by atoms with E-state index in [1.807, 2.05) is 0 Å². The van der Waals surface area contributed by atoms with Gasteiger partial charge < -0.3 is 16.5 Å². The summed E-state index contributed by atoms with van der Waals surface area (Å²) in [6, 6.07) is 4.49. The van der Waals surface area contributed by atoms with Crippen LogP contribution in [0.1, 0.15) is 439 Å². The van der Waals surface area contributed by atoms with Gasteiger partial charge in [-0.3, -0.25) is 0 Å². The average Bonchev–Trinajstić information content (AvgIpc) is 3.45. The third-order valence-corrected chi connectivity index (χ3v) is 28.2. The lowest BCUT2D eigenvalue weighted by atomic mass is 10.0. The zero-order valence-corrected chi connectivity index (χ0v) is 59.7. The van der Waals surface area contributed by atoms with E-state index in [2.05, 4.69) is 27.7 Å². The first-order chi connectivity index (χ1) is 39.7. The first-order valence-electron chi connectivity index (χ1n) is 37.9. The summed E-state index contributed by atoms with van der Waals surface area (Å²) in [5.41, 5.74) is 0. The summed E-state index contributed by atoms with van der Waals surface area (Å²) in [5, 5.41) is 0. The van der Waals surface area contributed by atoms with E-state index in [0.717, 1.165) is 24.2 Å². The average molecular weight is 1190 g/mol. The zero-order valence-electron chi connectivity index (χ0n) is 55.7. The molecule has 1 heterocycles. The first-order valence-corrected chi connectivity index (χ1v) is 44.0. The van der Waals surface area contributed by atoms with Crippen molar-refractivity contribution in [1.82, 2.24) is 0 Å². The maximum absolute atomic E-state index is 7.20. The van der Waals surface area contributed by atoms with Crippen molar-refractivity contribution < 1.29 is 16.5 Å². The van der Waals surface area contributed by atoms with E-state index >= 15 is 0 Å². The van der Waals surface area contributed by atoms with Gasteiger partial charge in [0.2, 0.25) is 0 Å². The van der Waals surface area contributed by atoms with Crippen molar-refractivity contribution >= 4 is 37.1 Å². The largest absolute Gasteiger partial charge is 0.414 e. The molecule has 476 valence electrons. The summed E-state index contributed by atoms with van der Waals surface area (Å²) in [6.45, 7) is 9.28. The molecule has 0 spiro atoms. The predicted molar refractivity (Wildman–Crippen MR) is 365 cm³/mol. The second kappa shape index (κ2) is 68.8. The normalized spacial score (nSPS) is 14.2. The van der Waals surface area contributed by atoms with E-state index in [0.29, 0.717) is 0 Å². The lowest BCUT2D eigenvalue weighted by Crippen LogP contribution is -2.48. The molecular formula is C72H148O4Si4. The summed E-state index contributed by atoms with van der Waals surface area (Å²) in [6.07, 6.45) is 90.7. The van der Waals surface area contributed by atoms with E-state index < -0.39 is 37.1 Å². The highest BCUT2D eigenvalue weighted by Gasteiger charge is 2.37. The van der Waals surface area contributed by atoms with Crippen molar-refractivity contribution in [3.05, 3.63) is 0 Å². The standard InChI is InChI=1S/C72H148O4Si4/c1-5-9-13-17-21-25-29-33-37-41-45-49-53-57-61-65-69-77-73-78(70-66-62-58-54-50-46-42-38-34-30-26-22-18-14-10-6-2)75-80(72-68-64-60-56-52-48-44-40-36-32-28-24-20-16-12-8-4)76-79(74-77)71-67-63-59-55-51-47-43-39-35-31-27-23-19-15-11-7-3/h5-72H2,1-4H3. The summed E-state index contributed by atoms with van der Waals surface area (Å²) >= 11 is 0. The summed E-state index contributed by atoms with van der Waals surface area (Å²) in [7, 11) is -5.52. The fourth-order valence-corrected chi connectivity index (χ4v) is 23.9. The Kier molecular flexibility index (Phi) is 67.7. The lowest BCUT2D eigenvalue weighted by molar-refractivity contribution is 0.275.